The van der Waals surface area contributed by atoms with Crippen LogP contribution in [0.15, 0.2) is 28.9 Å². The molecule has 0 radical (unpaired) electrons. The first kappa shape index (κ1) is 23.3. The van der Waals surface area contributed by atoms with Gasteiger partial charge in [0.15, 0.2) is 5.69 Å². The average Bonchev–Trinajstić information content (AvgIpc) is 3.21. The van der Waals surface area contributed by atoms with Gasteiger partial charge in [-0.3, -0.25) is 14.6 Å². The third-order valence-corrected chi connectivity index (χ3v) is 5.41. The Morgan fingerprint density at radius 2 is 2.13 bits per heavy atom. The first-order valence-electron chi connectivity index (χ1n) is 10.1. The van der Waals surface area contributed by atoms with Gasteiger partial charge in [-0.1, -0.05) is 23.6 Å². The molecule has 31 heavy (non-hydrogen) atoms. The lowest BCUT2D eigenvalue weighted by molar-refractivity contribution is 0.0146. The van der Waals surface area contributed by atoms with Gasteiger partial charge in [-0.2, -0.15) is 0 Å². The Morgan fingerprint density at radius 1 is 1.39 bits per heavy atom. The van der Waals surface area contributed by atoms with E-state index in [4.69, 9.17) is 27.2 Å². The fraction of sp³-hybridized carbons (Fsp3) is 0.455. The van der Waals surface area contributed by atoms with E-state index >= 15 is 0 Å². The molecule has 1 amide bonds. The van der Waals surface area contributed by atoms with E-state index < -0.39 is 6.10 Å². The molecule has 1 fully saturated rings. The standard InChI is InChI=1S/C22H27ClN4O4/c1-3-10-30-14-18(28)12-26-6-8-27(9-7-26)13-21-25-20(15-31-21)22(29)24-17-5-4-16(2)19(23)11-17/h1,4-5,11,15,18,28H,6-10,12-14H2,2H3,(H,24,29). The third-order valence-electron chi connectivity index (χ3n) is 5.00. The van der Waals surface area contributed by atoms with Crippen molar-refractivity contribution in [3.05, 3.63) is 46.6 Å². The molecule has 0 aliphatic carbocycles. The van der Waals surface area contributed by atoms with Crippen LogP contribution >= 0.6 is 11.6 Å². The second-order valence-electron chi connectivity index (χ2n) is 7.49. The number of nitrogens with zero attached hydrogens (tertiary/aromatic N) is 3. The molecule has 1 aliphatic rings. The Kier molecular flexibility index (Phi) is 8.46. The highest BCUT2D eigenvalue weighted by Crippen LogP contribution is 2.20. The lowest BCUT2D eigenvalue weighted by Gasteiger charge is -2.34. The van der Waals surface area contributed by atoms with Crippen molar-refractivity contribution in [2.24, 2.45) is 0 Å². The summed E-state index contributed by atoms with van der Waals surface area (Å²) in [6.07, 6.45) is 5.93. The van der Waals surface area contributed by atoms with Gasteiger partial charge in [0.05, 0.1) is 19.3 Å². The minimum absolute atomic E-state index is 0.208. The number of aliphatic hydroxyl groups is 1. The first-order valence-corrected chi connectivity index (χ1v) is 10.5. The summed E-state index contributed by atoms with van der Waals surface area (Å²) in [6.45, 7) is 6.65. The molecular formula is C22H27ClN4O4. The lowest BCUT2D eigenvalue weighted by atomic mass is 10.2. The Bertz CT molecular complexity index is 918. The fourth-order valence-electron chi connectivity index (χ4n) is 3.28. The zero-order chi connectivity index (χ0) is 22.2. The van der Waals surface area contributed by atoms with Gasteiger partial charge >= 0.3 is 0 Å². The highest BCUT2D eigenvalue weighted by Gasteiger charge is 2.21. The number of aromatic nitrogens is 1. The van der Waals surface area contributed by atoms with Crippen LogP contribution in [0, 0.1) is 19.3 Å². The zero-order valence-corrected chi connectivity index (χ0v) is 18.3. The van der Waals surface area contributed by atoms with Crippen LogP contribution in [0.5, 0.6) is 0 Å². The number of hydrogen-bond donors (Lipinski definition) is 2. The Balaban J connectivity index is 1.43. The van der Waals surface area contributed by atoms with Crippen molar-refractivity contribution in [1.82, 2.24) is 14.8 Å². The molecule has 1 saturated heterocycles. The minimum atomic E-state index is -0.559. The van der Waals surface area contributed by atoms with Crippen molar-refractivity contribution in [1.29, 1.82) is 0 Å². The van der Waals surface area contributed by atoms with E-state index in [9.17, 15) is 9.90 Å². The summed E-state index contributed by atoms with van der Waals surface area (Å²) < 4.78 is 10.7. The molecule has 9 heteroatoms. The second kappa shape index (κ2) is 11.3. The van der Waals surface area contributed by atoms with Gasteiger partial charge in [-0.25, -0.2) is 4.98 Å². The quantitative estimate of drug-likeness (QED) is 0.449. The highest BCUT2D eigenvalue weighted by atomic mass is 35.5. The topological polar surface area (TPSA) is 91.1 Å². The van der Waals surface area contributed by atoms with E-state index in [2.05, 4.69) is 26.0 Å². The lowest BCUT2D eigenvalue weighted by Crippen LogP contribution is -2.48. The van der Waals surface area contributed by atoms with E-state index in [0.29, 0.717) is 29.7 Å². The van der Waals surface area contributed by atoms with Gasteiger partial charge in [0.1, 0.15) is 12.9 Å². The van der Waals surface area contributed by atoms with Crippen LogP contribution in [0.25, 0.3) is 0 Å². The van der Waals surface area contributed by atoms with Gasteiger partial charge in [-0.05, 0) is 24.6 Å². The number of aliphatic hydroxyl groups excluding tert-OH is 1. The maximum atomic E-state index is 12.4. The maximum absolute atomic E-state index is 12.4. The van der Waals surface area contributed by atoms with Crippen LogP contribution < -0.4 is 5.32 Å². The number of halogens is 1. The summed E-state index contributed by atoms with van der Waals surface area (Å²) in [6, 6.07) is 5.33. The Morgan fingerprint density at radius 3 is 2.84 bits per heavy atom. The van der Waals surface area contributed by atoms with E-state index in [1.54, 1.807) is 12.1 Å². The smallest absolute Gasteiger partial charge is 0.277 e. The molecule has 2 aromatic rings. The molecule has 0 spiro atoms. The second-order valence-corrected chi connectivity index (χ2v) is 7.90. The SMILES string of the molecule is C#CCOCC(O)CN1CCN(Cc2nc(C(=O)Nc3ccc(C)c(Cl)c3)co2)CC1. The monoisotopic (exact) mass is 446 g/mol. The van der Waals surface area contributed by atoms with Gasteiger partial charge < -0.3 is 19.6 Å². The number of rotatable bonds is 9. The van der Waals surface area contributed by atoms with E-state index in [1.165, 1.54) is 6.26 Å². The van der Waals surface area contributed by atoms with Crippen LogP contribution in [0.2, 0.25) is 5.02 Å². The number of carbonyl (C=O) groups is 1. The fourth-order valence-corrected chi connectivity index (χ4v) is 3.46. The van der Waals surface area contributed by atoms with Crippen LogP contribution in [0.3, 0.4) is 0 Å². The number of oxazole rings is 1. The van der Waals surface area contributed by atoms with Crippen molar-refractivity contribution in [3.63, 3.8) is 0 Å². The molecule has 3 rings (SSSR count). The van der Waals surface area contributed by atoms with Crippen molar-refractivity contribution >= 4 is 23.2 Å². The molecule has 1 aliphatic heterocycles. The number of β-amino-alcohol motifs (C(OH)–C–C–N with tert-alkyl or cyclic N) is 1. The van der Waals surface area contributed by atoms with Crippen molar-refractivity contribution < 1.29 is 19.1 Å². The molecule has 0 bridgehead atoms. The molecule has 8 nitrogen and oxygen atoms in total. The molecular weight excluding hydrogens is 420 g/mol. The molecule has 166 valence electrons. The van der Waals surface area contributed by atoms with Gasteiger partial charge in [0.25, 0.3) is 5.91 Å². The number of piperazine rings is 1. The van der Waals surface area contributed by atoms with E-state index in [0.717, 1.165) is 31.7 Å². The van der Waals surface area contributed by atoms with Gasteiger partial charge in [0, 0.05) is 43.4 Å². The summed E-state index contributed by atoms with van der Waals surface area (Å²) in [5.41, 5.74) is 1.77. The van der Waals surface area contributed by atoms with E-state index in [1.807, 2.05) is 13.0 Å². The highest BCUT2D eigenvalue weighted by molar-refractivity contribution is 6.31. The van der Waals surface area contributed by atoms with Crippen LogP contribution in [0.4, 0.5) is 5.69 Å². The maximum Gasteiger partial charge on any atom is 0.277 e. The van der Waals surface area contributed by atoms with Crippen molar-refractivity contribution in [3.8, 4) is 12.3 Å². The van der Waals surface area contributed by atoms with Gasteiger partial charge in [-0.15, -0.1) is 6.42 Å². The number of amides is 1. The summed E-state index contributed by atoms with van der Waals surface area (Å²) >= 11 is 6.10. The number of carbonyl (C=O) groups excluding carboxylic acids is 1. The number of anilines is 1. The molecule has 1 atom stereocenters. The molecule has 1 unspecified atom stereocenters. The molecule has 2 heterocycles. The molecule has 1 aromatic heterocycles. The number of terminal acetylenes is 1. The third kappa shape index (κ3) is 7.06. The summed E-state index contributed by atoms with van der Waals surface area (Å²) in [7, 11) is 0. The summed E-state index contributed by atoms with van der Waals surface area (Å²) in [5.74, 6) is 2.52. The van der Waals surface area contributed by atoms with E-state index in [-0.39, 0.29) is 24.8 Å². The normalized spacial score (nSPS) is 16.1. The number of nitrogens with one attached hydrogen (secondary N) is 1. The van der Waals surface area contributed by atoms with Crippen molar-refractivity contribution in [2.75, 3.05) is 51.3 Å². The van der Waals surface area contributed by atoms with Crippen LogP contribution in [0.1, 0.15) is 21.9 Å². The zero-order valence-electron chi connectivity index (χ0n) is 17.5. The van der Waals surface area contributed by atoms with Gasteiger partial charge in [0.2, 0.25) is 5.89 Å². The molecule has 1 aromatic carbocycles. The Hall–Kier alpha value is -2.41. The predicted molar refractivity (Wildman–Crippen MR) is 118 cm³/mol. The summed E-state index contributed by atoms with van der Waals surface area (Å²) in [5, 5.41) is 13.4. The number of hydrogen-bond acceptors (Lipinski definition) is 7. The number of benzene rings is 1. The number of aryl methyl sites for hydroxylation is 1. The summed E-state index contributed by atoms with van der Waals surface area (Å²) in [4.78, 5) is 21.1. The average molecular weight is 447 g/mol. The largest absolute Gasteiger partial charge is 0.447 e. The van der Waals surface area contributed by atoms with Crippen LogP contribution in [-0.2, 0) is 11.3 Å². The van der Waals surface area contributed by atoms with Crippen LogP contribution in [-0.4, -0.2) is 77.8 Å². The molecule has 2 N–H and O–H groups in total. The molecule has 0 saturated carbocycles. The Labute approximate surface area is 187 Å². The van der Waals surface area contributed by atoms with Crippen molar-refractivity contribution in [2.45, 2.75) is 19.6 Å². The number of ether oxygens (including phenoxy) is 1. The minimum Gasteiger partial charge on any atom is -0.447 e. The first-order chi connectivity index (χ1) is 14.9. The predicted octanol–water partition coefficient (Wildman–Crippen LogP) is 2.02.